The molecular weight excluding hydrogens is 242 g/mol. The summed E-state index contributed by atoms with van der Waals surface area (Å²) >= 11 is 0. The summed E-state index contributed by atoms with van der Waals surface area (Å²) in [6.07, 6.45) is 5.76. The van der Waals surface area contributed by atoms with Gasteiger partial charge in [-0.25, -0.2) is 4.79 Å². The lowest BCUT2D eigenvalue weighted by Gasteiger charge is -2.54. The van der Waals surface area contributed by atoms with Gasteiger partial charge in [-0.05, 0) is 59.3 Å². The molecule has 0 unspecified atom stereocenters. The average Bonchev–Trinajstić information content (AvgIpc) is 3.08. The molecule has 1 amide bonds. The molecule has 0 atom stereocenters. The molecule has 0 aromatic heterocycles. The van der Waals surface area contributed by atoms with Crippen molar-refractivity contribution in [1.29, 1.82) is 0 Å². The van der Waals surface area contributed by atoms with Crippen LogP contribution in [0.1, 0.15) is 59.3 Å². The SMILES string of the molecule is CC(C)(C)OC(=O)N1CC2(C3(O)CC3)CCC1CC2. The number of amides is 1. The molecule has 108 valence electrons. The Hall–Kier alpha value is -0.770. The third-order valence-electron chi connectivity index (χ3n) is 5.16. The maximum atomic E-state index is 12.3. The molecule has 4 fully saturated rings. The van der Waals surface area contributed by atoms with Gasteiger partial charge in [0.05, 0.1) is 5.60 Å². The number of piperidine rings is 2. The zero-order valence-corrected chi connectivity index (χ0v) is 12.2. The maximum absolute atomic E-state index is 12.3. The van der Waals surface area contributed by atoms with E-state index in [0.717, 1.165) is 38.5 Å². The molecule has 19 heavy (non-hydrogen) atoms. The van der Waals surface area contributed by atoms with Crippen LogP contribution >= 0.6 is 0 Å². The number of nitrogens with zero attached hydrogens (tertiary/aromatic N) is 1. The van der Waals surface area contributed by atoms with Crippen LogP contribution in [0.3, 0.4) is 0 Å². The van der Waals surface area contributed by atoms with Crippen LogP contribution in [0, 0.1) is 5.41 Å². The molecular formula is C15H25NO3. The Balaban J connectivity index is 1.76. The van der Waals surface area contributed by atoms with E-state index in [1.54, 1.807) is 0 Å². The van der Waals surface area contributed by atoms with Crippen LogP contribution in [0.25, 0.3) is 0 Å². The number of carbonyl (C=O) groups excluding carboxylic acids is 1. The number of hydrogen-bond acceptors (Lipinski definition) is 3. The first-order chi connectivity index (χ1) is 8.75. The Kier molecular flexibility index (Phi) is 2.70. The van der Waals surface area contributed by atoms with Crippen molar-refractivity contribution in [3.05, 3.63) is 0 Å². The van der Waals surface area contributed by atoms with Gasteiger partial charge >= 0.3 is 6.09 Å². The molecule has 0 spiro atoms. The van der Waals surface area contributed by atoms with Gasteiger partial charge in [0.15, 0.2) is 0 Å². The third-order valence-corrected chi connectivity index (χ3v) is 5.16. The zero-order chi connectivity index (χ0) is 13.9. The maximum Gasteiger partial charge on any atom is 0.410 e. The first kappa shape index (κ1) is 13.2. The van der Waals surface area contributed by atoms with Crippen molar-refractivity contribution >= 4 is 6.09 Å². The standard InChI is InChI=1S/C15H25NO3/c1-13(2,3)19-12(17)16-10-14(15(18)8-9-15)6-4-11(16)5-7-14/h11,18H,4-10H2,1-3H3. The van der Waals surface area contributed by atoms with E-state index in [9.17, 15) is 9.90 Å². The van der Waals surface area contributed by atoms with E-state index in [1.807, 2.05) is 25.7 Å². The number of rotatable bonds is 1. The first-order valence-corrected chi connectivity index (χ1v) is 7.47. The van der Waals surface area contributed by atoms with Gasteiger partial charge in [0.25, 0.3) is 0 Å². The molecule has 0 aromatic carbocycles. The van der Waals surface area contributed by atoms with Gasteiger partial charge in [-0.1, -0.05) is 0 Å². The Bertz CT molecular complexity index is 387. The topological polar surface area (TPSA) is 49.8 Å². The van der Waals surface area contributed by atoms with Crippen LogP contribution < -0.4 is 0 Å². The molecule has 4 nitrogen and oxygen atoms in total. The molecule has 0 radical (unpaired) electrons. The summed E-state index contributed by atoms with van der Waals surface area (Å²) in [5.74, 6) is 0. The molecule has 0 aromatic rings. The molecule has 4 aliphatic rings. The summed E-state index contributed by atoms with van der Waals surface area (Å²) in [6.45, 7) is 6.38. The van der Waals surface area contributed by atoms with Gasteiger partial charge in [-0.15, -0.1) is 0 Å². The van der Waals surface area contributed by atoms with Gasteiger partial charge in [0, 0.05) is 18.0 Å². The van der Waals surface area contributed by atoms with Crippen molar-refractivity contribution in [2.24, 2.45) is 5.41 Å². The van der Waals surface area contributed by atoms with E-state index < -0.39 is 11.2 Å². The fourth-order valence-electron chi connectivity index (χ4n) is 3.88. The quantitative estimate of drug-likeness (QED) is 0.794. The monoisotopic (exact) mass is 267 g/mol. The van der Waals surface area contributed by atoms with E-state index in [4.69, 9.17) is 4.74 Å². The molecule has 4 heteroatoms. The van der Waals surface area contributed by atoms with Crippen LogP contribution in [-0.2, 0) is 4.74 Å². The third kappa shape index (κ3) is 2.14. The predicted molar refractivity (Wildman–Crippen MR) is 71.8 cm³/mol. The first-order valence-electron chi connectivity index (χ1n) is 7.47. The van der Waals surface area contributed by atoms with Gasteiger partial charge < -0.3 is 14.7 Å². The zero-order valence-electron chi connectivity index (χ0n) is 12.2. The lowest BCUT2D eigenvalue weighted by Crippen LogP contribution is -2.61. The van der Waals surface area contributed by atoms with Crippen molar-refractivity contribution in [2.75, 3.05) is 6.54 Å². The van der Waals surface area contributed by atoms with Crippen LogP contribution in [0.15, 0.2) is 0 Å². The Morgan fingerprint density at radius 2 is 1.79 bits per heavy atom. The highest BCUT2D eigenvalue weighted by Crippen LogP contribution is 2.60. The second-order valence-electron chi connectivity index (χ2n) is 7.65. The fourth-order valence-corrected chi connectivity index (χ4v) is 3.88. The van der Waals surface area contributed by atoms with Crippen molar-refractivity contribution in [3.63, 3.8) is 0 Å². The summed E-state index contributed by atoms with van der Waals surface area (Å²) in [5, 5.41) is 10.6. The summed E-state index contributed by atoms with van der Waals surface area (Å²) in [4.78, 5) is 14.2. The average molecular weight is 267 g/mol. The second-order valence-corrected chi connectivity index (χ2v) is 7.65. The molecule has 2 bridgehead atoms. The smallest absolute Gasteiger partial charge is 0.410 e. The fraction of sp³-hybridized carbons (Fsp3) is 0.933. The van der Waals surface area contributed by atoms with Crippen LogP contribution in [0.2, 0.25) is 0 Å². The second kappa shape index (κ2) is 3.87. The summed E-state index contributed by atoms with van der Waals surface area (Å²) in [7, 11) is 0. The molecule has 4 rings (SSSR count). The number of fused-ring (bicyclic) bond motifs is 3. The van der Waals surface area contributed by atoms with E-state index in [-0.39, 0.29) is 11.5 Å². The normalized spacial score (nSPS) is 36.2. The molecule has 2 saturated heterocycles. The molecule has 1 N–H and O–H groups in total. The number of ether oxygens (including phenoxy) is 1. The van der Waals surface area contributed by atoms with Crippen molar-refractivity contribution in [3.8, 4) is 0 Å². The minimum Gasteiger partial charge on any atom is -0.444 e. The molecule has 2 aliphatic carbocycles. The van der Waals surface area contributed by atoms with E-state index >= 15 is 0 Å². The van der Waals surface area contributed by atoms with Crippen LogP contribution in [0.5, 0.6) is 0 Å². The highest BCUT2D eigenvalue weighted by Gasteiger charge is 2.62. The van der Waals surface area contributed by atoms with Gasteiger partial charge in [0.2, 0.25) is 0 Å². The highest BCUT2D eigenvalue weighted by atomic mass is 16.6. The summed E-state index contributed by atoms with van der Waals surface area (Å²) in [6, 6.07) is 0.319. The van der Waals surface area contributed by atoms with Crippen molar-refractivity contribution in [1.82, 2.24) is 4.90 Å². The van der Waals surface area contributed by atoms with Gasteiger partial charge in [-0.3, -0.25) is 0 Å². The lowest BCUT2D eigenvalue weighted by atomic mass is 9.63. The lowest BCUT2D eigenvalue weighted by molar-refractivity contribution is -0.107. The Labute approximate surface area is 115 Å². The largest absolute Gasteiger partial charge is 0.444 e. The van der Waals surface area contributed by atoms with Crippen molar-refractivity contribution < 1.29 is 14.6 Å². The van der Waals surface area contributed by atoms with E-state index in [0.29, 0.717) is 12.6 Å². The number of aliphatic hydroxyl groups is 1. The highest BCUT2D eigenvalue weighted by molar-refractivity contribution is 5.69. The molecule has 2 heterocycles. The predicted octanol–water partition coefficient (Wildman–Crippen LogP) is 2.69. The Morgan fingerprint density at radius 1 is 1.21 bits per heavy atom. The van der Waals surface area contributed by atoms with Crippen LogP contribution in [-0.4, -0.2) is 39.9 Å². The number of carbonyl (C=O) groups is 1. The van der Waals surface area contributed by atoms with Gasteiger partial charge in [0.1, 0.15) is 5.60 Å². The summed E-state index contributed by atoms with van der Waals surface area (Å²) < 4.78 is 5.51. The van der Waals surface area contributed by atoms with Crippen LogP contribution in [0.4, 0.5) is 4.79 Å². The van der Waals surface area contributed by atoms with Crippen molar-refractivity contribution in [2.45, 2.75) is 76.5 Å². The Morgan fingerprint density at radius 3 is 2.26 bits per heavy atom. The number of hydrogen-bond donors (Lipinski definition) is 1. The minimum atomic E-state index is -0.501. The van der Waals surface area contributed by atoms with E-state index in [1.165, 1.54) is 0 Å². The van der Waals surface area contributed by atoms with Gasteiger partial charge in [-0.2, -0.15) is 0 Å². The molecule has 2 aliphatic heterocycles. The minimum absolute atomic E-state index is 0.0569. The summed E-state index contributed by atoms with van der Waals surface area (Å²) in [5.41, 5.74) is -1.01. The van der Waals surface area contributed by atoms with E-state index in [2.05, 4.69) is 0 Å². The molecule has 2 saturated carbocycles.